The Bertz CT molecular complexity index is 1360. The molecule has 176 valence electrons. The number of benzene rings is 4. The lowest BCUT2D eigenvalue weighted by Gasteiger charge is -2.11. The molecule has 0 N–H and O–H groups in total. The molecule has 0 fully saturated rings. The number of hydrogen-bond acceptors (Lipinski definition) is 3. The monoisotopic (exact) mass is 462 g/mol. The summed E-state index contributed by atoms with van der Waals surface area (Å²) < 4.78 is 13.5. The Balaban J connectivity index is 1.24. The SMILES string of the molecule is COc1ccc(OCCCCn2c(Cc3ccc(-c4ccccc4)cc3)nc3ccccc32)cc1. The minimum absolute atomic E-state index is 0.690. The molecule has 0 amide bonds. The average Bonchev–Trinajstić information content (AvgIpc) is 3.26. The Labute approximate surface area is 206 Å². The van der Waals surface area contributed by atoms with E-state index < -0.39 is 0 Å². The van der Waals surface area contributed by atoms with E-state index in [0.717, 1.165) is 48.6 Å². The largest absolute Gasteiger partial charge is 0.497 e. The Hall–Kier alpha value is -4.05. The zero-order valence-electron chi connectivity index (χ0n) is 20.1. The molecule has 4 aromatic carbocycles. The Morgan fingerprint density at radius 1 is 0.686 bits per heavy atom. The number of para-hydroxylation sites is 2. The second-order valence-corrected chi connectivity index (χ2v) is 8.64. The Morgan fingerprint density at radius 2 is 1.37 bits per heavy atom. The van der Waals surface area contributed by atoms with Crippen molar-refractivity contribution in [2.45, 2.75) is 25.8 Å². The minimum atomic E-state index is 0.690. The van der Waals surface area contributed by atoms with E-state index in [1.54, 1.807) is 7.11 Å². The van der Waals surface area contributed by atoms with Crippen molar-refractivity contribution in [2.24, 2.45) is 0 Å². The summed E-state index contributed by atoms with van der Waals surface area (Å²) in [5.41, 5.74) is 5.99. The van der Waals surface area contributed by atoms with Gasteiger partial charge < -0.3 is 14.0 Å². The maximum absolute atomic E-state index is 5.91. The molecule has 5 aromatic rings. The van der Waals surface area contributed by atoms with Gasteiger partial charge >= 0.3 is 0 Å². The van der Waals surface area contributed by atoms with Gasteiger partial charge in [-0.3, -0.25) is 0 Å². The molecule has 0 spiro atoms. The predicted molar refractivity (Wildman–Crippen MR) is 142 cm³/mol. The second-order valence-electron chi connectivity index (χ2n) is 8.64. The molecule has 1 heterocycles. The van der Waals surface area contributed by atoms with Gasteiger partial charge in [-0.25, -0.2) is 4.98 Å². The van der Waals surface area contributed by atoms with Crippen LogP contribution in [-0.2, 0) is 13.0 Å². The van der Waals surface area contributed by atoms with Crippen LogP contribution in [-0.4, -0.2) is 23.3 Å². The highest BCUT2D eigenvalue weighted by Gasteiger charge is 2.11. The van der Waals surface area contributed by atoms with Crippen LogP contribution in [0.1, 0.15) is 24.2 Å². The summed E-state index contributed by atoms with van der Waals surface area (Å²) in [7, 11) is 1.67. The first-order valence-corrected chi connectivity index (χ1v) is 12.2. The van der Waals surface area contributed by atoms with Crippen molar-refractivity contribution in [1.29, 1.82) is 0 Å². The first-order chi connectivity index (χ1) is 17.3. The van der Waals surface area contributed by atoms with Gasteiger partial charge in [0, 0.05) is 13.0 Å². The molecule has 0 saturated heterocycles. The van der Waals surface area contributed by atoms with Crippen LogP contribution in [0.25, 0.3) is 22.2 Å². The summed E-state index contributed by atoms with van der Waals surface area (Å²) in [4.78, 5) is 4.97. The van der Waals surface area contributed by atoms with Crippen molar-refractivity contribution in [3.05, 3.63) is 115 Å². The predicted octanol–water partition coefficient (Wildman–Crippen LogP) is 7.16. The van der Waals surface area contributed by atoms with E-state index >= 15 is 0 Å². The summed E-state index contributed by atoms with van der Waals surface area (Å²) in [5.74, 6) is 2.82. The highest BCUT2D eigenvalue weighted by Crippen LogP contribution is 2.23. The average molecular weight is 463 g/mol. The standard InChI is InChI=1S/C31H30N2O2/c1-34-27-17-19-28(20-18-27)35-22-8-7-21-33-30-12-6-5-11-29(30)32-31(33)23-24-13-15-26(16-14-24)25-9-3-2-4-10-25/h2-6,9-20H,7-8,21-23H2,1H3. The number of aromatic nitrogens is 2. The summed E-state index contributed by atoms with van der Waals surface area (Å²) in [5, 5.41) is 0. The lowest BCUT2D eigenvalue weighted by molar-refractivity contribution is 0.302. The van der Waals surface area contributed by atoms with E-state index in [1.807, 2.05) is 30.3 Å². The van der Waals surface area contributed by atoms with Gasteiger partial charge in [0.1, 0.15) is 17.3 Å². The third kappa shape index (κ3) is 5.55. The number of methoxy groups -OCH3 is 1. The normalized spacial score (nSPS) is 11.0. The summed E-state index contributed by atoms with van der Waals surface area (Å²) >= 11 is 0. The molecular formula is C31H30N2O2. The molecule has 0 saturated carbocycles. The molecule has 5 rings (SSSR count). The fourth-order valence-corrected chi connectivity index (χ4v) is 4.37. The van der Waals surface area contributed by atoms with Gasteiger partial charge in [-0.2, -0.15) is 0 Å². The number of aryl methyl sites for hydroxylation is 1. The maximum Gasteiger partial charge on any atom is 0.119 e. The van der Waals surface area contributed by atoms with E-state index in [9.17, 15) is 0 Å². The van der Waals surface area contributed by atoms with Gasteiger partial charge in [0.2, 0.25) is 0 Å². The van der Waals surface area contributed by atoms with E-state index in [-0.39, 0.29) is 0 Å². The van der Waals surface area contributed by atoms with Gasteiger partial charge in [-0.1, -0.05) is 66.7 Å². The zero-order chi connectivity index (χ0) is 23.9. The van der Waals surface area contributed by atoms with Crippen LogP contribution in [0.2, 0.25) is 0 Å². The highest BCUT2D eigenvalue weighted by molar-refractivity contribution is 5.76. The third-order valence-electron chi connectivity index (χ3n) is 6.26. The second kappa shape index (κ2) is 10.9. The van der Waals surface area contributed by atoms with Gasteiger partial charge in [0.25, 0.3) is 0 Å². The molecule has 35 heavy (non-hydrogen) atoms. The van der Waals surface area contributed by atoms with Crippen LogP contribution in [0, 0.1) is 0 Å². The van der Waals surface area contributed by atoms with Crippen molar-refractivity contribution in [3.63, 3.8) is 0 Å². The quantitative estimate of drug-likeness (QED) is 0.207. The number of imidazole rings is 1. The number of fused-ring (bicyclic) bond motifs is 1. The lowest BCUT2D eigenvalue weighted by Crippen LogP contribution is -2.07. The van der Waals surface area contributed by atoms with Crippen LogP contribution in [0.3, 0.4) is 0 Å². The molecule has 0 unspecified atom stereocenters. The third-order valence-corrected chi connectivity index (χ3v) is 6.26. The van der Waals surface area contributed by atoms with E-state index in [2.05, 4.69) is 77.4 Å². The fourth-order valence-electron chi connectivity index (χ4n) is 4.37. The van der Waals surface area contributed by atoms with Crippen LogP contribution in [0.4, 0.5) is 0 Å². The fraction of sp³-hybridized carbons (Fsp3) is 0.194. The van der Waals surface area contributed by atoms with Crippen LogP contribution in [0.15, 0.2) is 103 Å². The minimum Gasteiger partial charge on any atom is -0.497 e. The molecule has 0 bridgehead atoms. The van der Waals surface area contributed by atoms with Gasteiger partial charge in [-0.05, 0) is 65.9 Å². The van der Waals surface area contributed by atoms with Crippen molar-refractivity contribution >= 4 is 11.0 Å². The van der Waals surface area contributed by atoms with Crippen molar-refractivity contribution in [1.82, 2.24) is 9.55 Å². The molecule has 0 radical (unpaired) electrons. The van der Waals surface area contributed by atoms with Crippen molar-refractivity contribution in [2.75, 3.05) is 13.7 Å². The molecule has 4 nitrogen and oxygen atoms in total. The van der Waals surface area contributed by atoms with Crippen LogP contribution in [0.5, 0.6) is 11.5 Å². The van der Waals surface area contributed by atoms with Crippen LogP contribution < -0.4 is 9.47 Å². The number of ether oxygens (including phenoxy) is 2. The maximum atomic E-state index is 5.91. The summed E-state index contributed by atoms with van der Waals surface area (Å²) in [6.07, 6.45) is 2.81. The molecule has 0 aliphatic carbocycles. The van der Waals surface area contributed by atoms with Gasteiger partial charge in [-0.15, -0.1) is 0 Å². The Morgan fingerprint density at radius 3 is 2.14 bits per heavy atom. The topological polar surface area (TPSA) is 36.3 Å². The molecular weight excluding hydrogens is 432 g/mol. The van der Waals surface area contributed by atoms with Gasteiger partial charge in [0.05, 0.1) is 24.8 Å². The first-order valence-electron chi connectivity index (χ1n) is 12.2. The molecule has 0 atom stereocenters. The van der Waals surface area contributed by atoms with E-state index in [1.165, 1.54) is 22.2 Å². The smallest absolute Gasteiger partial charge is 0.119 e. The zero-order valence-corrected chi connectivity index (χ0v) is 20.1. The summed E-state index contributed by atoms with van der Waals surface area (Å²) in [6, 6.07) is 35.5. The van der Waals surface area contributed by atoms with E-state index in [0.29, 0.717) is 6.61 Å². The lowest BCUT2D eigenvalue weighted by atomic mass is 10.0. The molecule has 4 heteroatoms. The number of unbranched alkanes of at least 4 members (excludes halogenated alkanes) is 1. The van der Waals surface area contributed by atoms with Crippen molar-refractivity contribution in [3.8, 4) is 22.6 Å². The first kappa shape index (κ1) is 22.7. The van der Waals surface area contributed by atoms with Crippen molar-refractivity contribution < 1.29 is 9.47 Å². The van der Waals surface area contributed by atoms with Gasteiger partial charge in [0.15, 0.2) is 0 Å². The van der Waals surface area contributed by atoms with Crippen LogP contribution >= 0.6 is 0 Å². The molecule has 1 aromatic heterocycles. The number of rotatable bonds is 10. The molecule has 0 aliphatic rings. The van der Waals surface area contributed by atoms with E-state index in [4.69, 9.17) is 14.5 Å². The summed E-state index contributed by atoms with van der Waals surface area (Å²) in [6.45, 7) is 1.61. The highest BCUT2D eigenvalue weighted by atomic mass is 16.5. The molecule has 0 aliphatic heterocycles. The number of nitrogens with zero attached hydrogens (tertiary/aromatic N) is 2. The Kier molecular flexibility index (Phi) is 7.09. The number of hydrogen-bond donors (Lipinski definition) is 0.